The summed E-state index contributed by atoms with van der Waals surface area (Å²) >= 11 is 2.12. The van der Waals surface area contributed by atoms with Gasteiger partial charge in [0.25, 0.3) is 0 Å². The van der Waals surface area contributed by atoms with Crippen molar-refractivity contribution in [3.05, 3.63) is 40.2 Å². The molecule has 0 spiro atoms. The summed E-state index contributed by atoms with van der Waals surface area (Å²) in [4.78, 5) is 19.6. The molecule has 2 rings (SSSR count). The number of halogens is 1. The molecule has 1 atom stereocenters. The largest absolute Gasteiger partial charge is 0.479 e. The van der Waals surface area contributed by atoms with Gasteiger partial charge in [-0.1, -0.05) is 0 Å². The van der Waals surface area contributed by atoms with E-state index >= 15 is 0 Å². The summed E-state index contributed by atoms with van der Waals surface area (Å²) in [5, 5.41) is 0. The first kappa shape index (κ1) is 16.5. The van der Waals surface area contributed by atoms with Gasteiger partial charge in [-0.2, -0.15) is 0 Å². The highest BCUT2D eigenvalue weighted by Gasteiger charge is 2.15. The number of hydrogen-bond acceptors (Lipinski definition) is 6. The molecule has 2 aromatic rings. The normalized spacial score (nSPS) is 11.6. The van der Waals surface area contributed by atoms with Crippen molar-refractivity contribution in [2.75, 3.05) is 6.61 Å². The zero-order chi connectivity index (χ0) is 15.9. The predicted octanol–water partition coefficient (Wildman–Crippen LogP) is 3.20. The number of rotatable bonds is 6. The Balaban J connectivity index is 1.95. The molecule has 0 aliphatic heterocycles. The Morgan fingerprint density at radius 2 is 1.77 bits per heavy atom. The van der Waals surface area contributed by atoms with Crippen LogP contribution in [0.3, 0.4) is 0 Å². The highest BCUT2D eigenvalue weighted by molar-refractivity contribution is 14.1. The van der Waals surface area contributed by atoms with Crippen LogP contribution in [0.2, 0.25) is 0 Å². The summed E-state index contributed by atoms with van der Waals surface area (Å²) in [6.07, 6.45) is 2.68. The summed E-state index contributed by atoms with van der Waals surface area (Å²) in [5.41, 5.74) is 0. The fraction of sp³-hybridized carbons (Fsp3) is 0.267. The summed E-state index contributed by atoms with van der Waals surface area (Å²) < 4.78 is 16.8. The maximum absolute atomic E-state index is 11.5. The van der Waals surface area contributed by atoms with Gasteiger partial charge in [0.1, 0.15) is 11.5 Å². The highest BCUT2D eigenvalue weighted by atomic mass is 127. The van der Waals surface area contributed by atoms with Gasteiger partial charge < -0.3 is 14.2 Å². The SMILES string of the molecule is CCOC(=O)C(C)Oc1ccc(Oc2ncc(I)cn2)cc1. The zero-order valence-corrected chi connectivity index (χ0v) is 14.3. The van der Waals surface area contributed by atoms with Crippen LogP contribution >= 0.6 is 22.6 Å². The van der Waals surface area contributed by atoms with Crippen LogP contribution in [-0.2, 0) is 9.53 Å². The molecule has 0 N–H and O–H groups in total. The number of aromatic nitrogens is 2. The second kappa shape index (κ2) is 7.92. The Labute approximate surface area is 142 Å². The van der Waals surface area contributed by atoms with Crippen LogP contribution in [0.5, 0.6) is 17.5 Å². The van der Waals surface area contributed by atoms with E-state index in [2.05, 4.69) is 32.6 Å². The van der Waals surface area contributed by atoms with E-state index in [1.165, 1.54) is 0 Å². The van der Waals surface area contributed by atoms with Crippen molar-refractivity contribution in [3.8, 4) is 17.5 Å². The van der Waals surface area contributed by atoms with Crippen LogP contribution < -0.4 is 9.47 Å². The van der Waals surface area contributed by atoms with E-state index in [1.54, 1.807) is 50.5 Å². The maximum Gasteiger partial charge on any atom is 0.347 e. The number of carbonyl (C=O) groups is 1. The molecule has 0 saturated carbocycles. The first-order valence-corrected chi connectivity index (χ1v) is 7.75. The second-order valence-corrected chi connectivity index (χ2v) is 5.52. The molecule has 0 bridgehead atoms. The minimum absolute atomic E-state index is 0.272. The van der Waals surface area contributed by atoms with E-state index in [9.17, 15) is 4.79 Å². The van der Waals surface area contributed by atoms with Crippen molar-refractivity contribution >= 4 is 28.6 Å². The molecule has 1 aromatic heterocycles. The summed E-state index contributed by atoms with van der Waals surface area (Å²) in [6, 6.07) is 7.12. The zero-order valence-electron chi connectivity index (χ0n) is 12.2. The van der Waals surface area contributed by atoms with E-state index in [0.29, 0.717) is 18.1 Å². The lowest BCUT2D eigenvalue weighted by atomic mass is 10.3. The third-order valence-corrected chi connectivity index (χ3v) is 3.12. The number of hydrogen-bond donors (Lipinski definition) is 0. The lowest BCUT2D eigenvalue weighted by Gasteiger charge is -2.13. The first-order chi connectivity index (χ1) is 10.6. The van der Waals surface area contributed by atoms with E-state index in [0.717, 1.165) is 3.57 Å². The van der Waals surface area contributed by atoms with Gasteiger partial charge in [0.05, 0.1) is 6.61 Å². The molecule has 0 fully saturated rings. The third kappa shape index (κ3) is 4.83. The van der Waals surface area contributed by atoms with Gasteiger partial charge >= 0.3 is 12.0 Å². The Kier molecular flexibility index (Phi) is 5.93. The average Bonchev–Trinajstić information content (AvgIpc) is 2.51. The van der Waals surface area contributed by atoms with Crippen LogP contribution in [0.15, 0.2) is 36.7 Å². The van der Waals surface area contributed by atoms with E-state index in [-0.39, 0.29) is 6.01 Å². The number of carbonyl (C=O) groups excluding carboxylic acids is 1. The molecule has 0 saturated heterocycles. The van der Waals surface area contributed by atoms with Gasteiger partial charge in [-0.15, -0.1) is 0 Å². The van der Waals surface area contributed by atoms with Gasteiger partial charge in [0, 0.05) is 16.0 Å². The lowest BCUT2D eigenvalue weighted by Crippen LogP contribution is -2.25. The van der Waals surface area contributed by atoms with Crippen molar-refractivity contribution in [1.82, 2.24) is 9.97 Å². The molecule has 6 nitrogen and oxygen atoms in total. The molecule has 22 heavy (non-hydrogen) atoms. The van der Waals surface area contributed by atoms with Gasteiger partial charge in [0.2, 0.25) is 0 Å². The predicted molar refractivity (Wildman–Crippen MR) is 88.0 cm³/mol. The number of ether oxygens (including phenoxy) is 3. The average molecular weight is 414 g/mol. The molecule has 1 unspecified atom stereocenters. The standard InChI is InChI=1S/C15H15IN2O4/c1-3-20-14(19)10(2)21-12-4-6-13(7-5-12)22-15-17-8-11(16)9-18-15/h4-10H,3H2,1-2H3. The van der Waals surface area contributed by atoms with Crippen molar-refractivity contribution in [2.45, 2.75) is 20.0 Å². The smallest absolute Gasteiger partial charge is 0.347 e. The highest BCUT2D eigenvalue weighted by Crippen LogP contribution is 2.22. The van der Waals surface area contributed by atoms with E-state index in [4.69, 9.17) is 14.2 Å². The monoisotopic (exact) mass is 414 g/mol. The molecule has 1 heterocycles. The number of esters is 1. The topological polar surface area (TPSA) is 70.5 Å². The van der Waals surface area contributed by atoms with Crippen molar-refractivity contribution < 1.29 is 19.0 Å². The molecule has 116 valence electrons. The quantitative estimate of drug-likeness (QED) is 0.534. The first-order valence-electron chi connectivity index (χ1n) is 6.67. The molecule has 0 aliphatic rings. The Morgan fingerprint density at radius 1 is 1.18 bits per heavy atom. The minimum atomic E-state index is -0.661. The Bertz CT molecular complexity index is 616. The molecule has 7 heteroatoms. The maximum atomic E-state index is 11.5. The van der Waals surface area contributed by atoms with Crippen LogP contribution in [0.4, 0.5) is 0 Å². The van der Waals surface area contributed by atoms with Crippen molar-refractivity contribution in [3.63, 3.8) is 0 Å². The van der Waals surface area contributed by atoms with Crippen LogP contribution in [0.1, 0.15) is 13.8 Å². The van der Waals surface area contributed by atoms with Crippen molar-refractivity contribution in [2.24, 2.45) is 0 Å². The number of nitrogens with zero attached hydrogens (tertiary/aromatic N) is 2. The van der Waals surface area contributed by atoms with Crippen LogP contribution in [-0.4, -0.2) is 28.6 Å². The molecule has 0 radical (unpaired) electrons. The van der Waals surface area contributed by atoms with E-state index in [1.807, 2.05) is 0 Å². The fourth-order valence-corrected chi connectivity index (χ4v) is 1.84. The number of benzene rings is 1. The van der Waals surface area contributed by atoms with Gasteiger partial charge in [-0.3, -0.25) is 0 Å². The van der Waals surface area contributed by atoms with E-state index < -0.39 is 12.1 Å². The Morgan fingerprint density at radius 3 is 2.36 bits per heavy atom. The van der Waals surface area contributed by atoms with Gasteiger partial charge in [0.15, 0.2) is 6.10 Å². The fourth-order valence-electron chi connectivity index (χ4n) is 1.56. The minimum Gasteiger partial charge on any atom is -0.479 e. The summed E-state index contributed by atoms with van der Waals surface area (Å²) in [5.74, 6) is 0.740. The molecular weight excluding hydrogens is 399 g/mol. The van der Waals surface area contributed by atoms with Crippen molar-refractivity contribution in [1.29, 1.82) is 0 Å². The van der Waals surface area contributed by atoms with Gasteiger partial charge in [-0.25, -0.2) is 14.8 Å². The van der Waals surface area contributed by atoms with Crippen LogP contribution in [0.25, 0.3) is 0 Å². The lowest BCUT2D eigenvalue weighted by molar-refractivity contribution is -0.150. The summed E-state index contributed by atoms with van der Waals surface area (Å²) in [6.45, 7) is 3.72. The summed E-state index contributed by atoms with van der Waals surface area (Å²) in [7, 11) is 0. The molecule has 0 aliphatic carbocycles. The second-order valence-electron chi connectivity index (χ2n) is 4.27. The molecule has 0 amide bonds. The Hall–Kier alpha value is -1.90. The van der Waals surface area contributed by atoms with Gasteiger partial charge in [-0.05, 0) is 60.7 Å². The third-order valence-electron chi connectivity index (χ3n) is 2.56. The van der Waals surface area contributed by atoms with Crippen LogP contribution in [0, 0.1) is 3.57 Å². The molecular formula is C15H15IN2O4. The molecule has 1 aromatic carbocycles.